The van der Waals surface area contributed by atoms with Gasteiger partial charge in [0.2, 0.25) is 0 Å². The molecule has 21 heavy (non-hydrogen) atoms. The molecule has 0 aliphatic heterocycles. The molecule has 0 aliphatic carbocycles. The summed E-state index contributed by atoms with van der Waals surface area (Å²) in [5.74, 6) is -0.185. The van der Waals surface area contributed by atoms with Crippen LogP contribution in [0.1, 0.15) is 11.1 Å². The third kappa shape index (κ3) is 5.79. The second kappa shape index (κ2) is 8.92. The average Bonchev–Trinajstić information content (AvgIpc) is 2.40. The van der Waals surface area contributed by atoms with Crippen molar-refractivity contribution in [1.29, 1.82) is 0 Å². The van der Waals surface area contributed by atoms with E-state index in [2.05, 4.69) is 10.4 Å². The molecule has 0 unspecified atom stereocenters. The zero-order valence-electron chi connectivity index (χ0n) is 11.7. The van der Waals surface area contributed by atoms with Gasteiger partial charge in [0.05, 0.1) is 0 Å². The molecule has 2 aromatic rings. The van der Waals surface area contributed by atoms with E-state index in [1.54, 1.807) is 13.8 Å². The van der Waals surface area contributed by atoms with Gasteiger partial charge in [0, 0.05) is 0 Å². The average molecular weight is 338 g/mol. The predicted octanol–water partition coefficient (Wildman–Crippen LogP) is 2.93. The Hall–Kier alpha value is -2.14. The van der Waals surface area contributed by atoms with Crippen LogP contribution in [0.25, 0.3) is 0 Å². The number of nitroso groups, excluding NO2 is 2. The van der Waals surface area contributed by atoms with Gasteiger partial charge < -0.3 is 10.2 Å². The first kappa shape index (κ1) is 18.9. The minimum Gasteiger partial charge on any atom is -0.872 e. The van der Waals surface area contributed by atoms with Crippen LogP contribution in [0.3, 0.4) is 0 Å². The Bertz CT molecular complexity index is 577. The van der Waals surface area contributed by atoms with Crippen LogP contribution in [0.2, 0.25) is 0 Å². The zero-order valence-corrected chi connectivity index (χ0v) is 14.7. The number of aryl methyl sites for hydroxylation is 2. The maximum Gasteiger partial charge on any atom is 2.00 e. The van der Waals surface area contributed by atoms with Gasteiger partial charge in [-0.25, -0.2) is 0 Å². The molecule has 2 aromatic carbocycles. The van der Waals surface area contributed by atoms with E-state index >= 15 is 0 Å². The Kier molecular flexibility index (Phi) is 8.01. The number of rotatable bonds is 2. The van der Waals surface area contributed by atoms with Gasteiger partial charge in [0.1, 0.15) is 11.4 Å². The summed E-state index contributed by atoms with van der Waals surface area (Å²) >= 11 is 0. The third-order valence-electron chi connectivity index (χ3n) is 2.53. The third-order valence-corrected chi connectivity index (χ3v) is 2.53. The molecule has 0 aromatic heterocycles. The zero-order chi connectivity index (χ0) is 15.1. The van der Waals surface area contributed by atoms with Gasteiger partial charge in [-0.3, -0.25) is 0 Å². The fourth-order valence-corrected chi connectivity index (χ4v) is 1.46. The predicted molar refractivity (Wildman–Crippen MR) is 72.2 cm³/mol. The van der Waals surface area contributed by atoms with Crippen molar-refractivity contribution < 1.29 is 29.7 Å². The molecule has 0 bridgehead atoms. The first-order chi connectivity index (χ1) is 9.47. The topological polar surface area (TPSA) is 105 Å². The maximum atomic E-state index is 10.6. The fraction of sp³-hybridized carbons (Fsp3) is 0.143. The first-order valence-electron chi connectivity index (χ1n) is 5.70. The van der Waals surface area contributed by atoms with Crippen LogP contribution in [0.5, 0.6) is 11.5 Å². The normalized spacial score (nSPS) is 8.86. The summed E-state index contributed by atoms with van der Waals surface area (Å²) in [5, 5.41) is 26.7. The van der Waals surface area contributed by atoms with E-state index in [1.165, 1.54) is 36.4 Å². The van der Waals surface area contributed by atoms with Crippen LogP contribution in [0.15, 0.2) is 46.8 Å². The molecule has 0 aliphatic rings. The molecule has 0 fully saturated rings. The van der Waals surface area contributed by atoms with Gasteiger partial charge in [0.25, 0.3) is 0 Å². The van der Waals surface area contributed by atoms with Gasteiger partial charge >= 0.3 is 19.5 Å². The van der Waals surface area contributed by atoms with Gasteiger partial charge in [-0.2, -0.15) is 0 Å². The smallest absolute Gasteiger partial charge is 0.872 e. The largest absolute Gasteiger partial charge is 2.00 e. The summed E-state index contributed by atoms with van der Waals surface area (Å²) in [7, 11) is 0. The summed E-state index contributed by atoms with van der Waals surface area (Å²) < 4.78 is 0. The molecular weight excluding hydrogens is 326 g/mol. The molecule has 2 rings (SSSR count). The number of hydrogen-bond donors (Lipinski definition) is 0. The van der Waals surface area contributed by atoms with E-state index in [1.807, 2.05) is 0 Å². The molecule has 0 N–H and O–H groups in total. The molecule has 104 valence electrons. The summed E-state index contributed by atoms with van der Waals surface area (Å²) in [6.45, 7) is 3.36. The SMILES string of the molecule is Cc1cc([O-])ccc1N=O.Cc1cc([O-])ccc1N=O.[Zn+2]. The molecule has 0 saturated carbocycles. The van der Waals surface area contributed by atoms with Crippen LogP contribution in [-0.2, 0) is 19.5 Å². The minimum absolute atomic E-state index is 0. The molecule has 6 nitrogen and oxygen atoms in total. The fourth-order valence-electron chi connectivity index (χ4n) is 1.46. The quantitative estimate of drug-likeness (QED) is 0.620. The van der Waals surface area contributed by atoms with Crippen LogP contribution >= 0.6 is 0 Å². The Labute approximate surface area is 134 Å². The molecule has 0 amide bonds. The van der Waals surface area contributed by atoms with Crippen molar-refractivity contribution in [3.05, 3.63) is 57.3 Å². The van der Waals surface area contributed by atoms with Crippen molar-refractivity contribution in [2.75, 3.05) is 0 Å². The Morgan fingerprint density at radius 2 is 1.10 bits per heavy atom. The molecule has 0 heterocycles. The number of nitrogens with zero attached hydrogens (tertiary/aromatic N) is 2. The summed E-state index contributed by atoms with van der Waals surface area (Å²) in [6.07, 6.45) is 0. The Balaban J connectivity index is 0.000000364. The van der Waals surface area contributed by atoms with Crippen molar-refractivity contribution in [2.45, 2.75) is 13.8 Å². The van der Waals surface area contributed by atoms with Crippen LogP contribution in [0, 0.1) is 23.7 Å². The number of hydrogen-bond acceptors (Lipinski definition) is 6. The standard InChI is InChI=1S/2C7H7NO2.Zn/c2*1-5-4-6(9)2-3-7(5)8-10;/h2*2-4,9H,1H3;/q;;+2/p-2. The van der Waals surface area contributed by atoms with Gasteiger partial charge in [-0.1, -0.05) is 24.3 Å². The van der Waals surface area contributed by atoms with Crippen molar-refractivity contribution in [1.82, 2.24) is 0 Å². The first-order valence-corrected chi connectivity index (χ1v) is 5.70. The van der Waals surface area contributed by atoms with E-state index in [9.17, 15) is 20.0 Å². The van der Waals surface area contributed by atoms with Crippen LogP contribution in [-0.4, -0.2) is 0 Å². The summed E-state index contributed by atoms with van der Waals surface area (Å²) in [5.41, 5.74) is 1.92. The molecule has 0 saturated heterocycles. The van der Waals surface area contributed by atoms with Crippen molar-refractivity contribution in [3.8, 4) is 11.5 Å². The second-order valence-corrected chi connectivity index (χ2v) is 4.08. The van der Waals surface area contributed by atoms with Crippen LogP contribution < -0.4 is 10.2 Å². The molecule has 0 atom stereocenters. The van der Waals surface area contributed by atoms with Gasteiger partial charge in [0.15, 0.2) is 0 Å². The Morgan fingerprint density at radius 1 is 0.762 bits per heavy atom. The Morgan fingerprint density at radius 3 is 1.33 bits per heavy atom. The van der Waals surface area contributed by atoms with E-state index in [0.717, 1.165) is 0 Å². The van der Waals surface area contributed by atoms with Crippen molar-refractivity contribution in [2.24, 2.45) is 10.4 Å². The van der Waals surface area contributed by atoms with Gasteiger partial charge in [-0.05, 0) is 47.5 Å². The second-order valence-electron chi connectivity index (χ2n) is 4.08. The van der Waals surface area contributed by atoms with Gasteiger partial charge in [-0.15, -0.1) is 21.3 Å². The molecule has 0 spiro atoms. The summed E-state index contributed by atoms with van der Waals surface area (Å²) in [4.78, 5) is 20.0. The van der Waals surface area contributed by atoms with Crippen LogP contribution in [0.4, 0.5) is 11.4 Å². The van der Waals surface area contributed by atoms with Crippen molar-refractivity contribution in [3.63, 3.8) is 0 Å². The summed E-state index contributed by atoms with van der Waals surface area (Å²) in [6, 6.07) is 8.26. The van der Waals surface area contributed by atoms with Crippen molar-refractivity contribution >= 4 is 11.4 Å². The number of benzene rings is 2. The van der Waals surface area contributed by atoms with E-state index in [0.29, 0.717) is 22.5 Å². The molecule has 0 radical (unpaired) electrons. The maximum absolute atomic E-state index is 10.6. The minimum atomic E-state index is -0.0927. The van der Waals surface area contributed by atoms with E-state index < -0.39 is 0 Å². The monoisotopic (exact) mass is 336 g/mol. The molecule has 7 heteroatoms. The van der Waals surface area contributed by atoms with E-state index in [-0.39, 0.29) is 31.0 Å². The van der Waals surface area contributed by atoms with E-state index in [4.69, 9.17) is 0 Å². The molecular formula is C14H12N2O4Zn.